The van der Waals surface area contributed by atoms with Crippen LogP contribution in [0.5, 0.6) is 11.5 Å². The summed E-state index contributed by atoms with van der Waals surface area (Å²) in [7, 11) is 1.61. The van der Waals surface area contributed by atoms with Gasteiger partial charge in [0.15, 0.2) is 11.5 Å². The zero-order valence-electron chi connectivity index (χ0n) is 16.8. The second-order valence-electron chi connectivity index (χ2n) is 6.97. The molecule has 0 spiro atoms. The summed E-state index contributed by atoms with van der Waals surface area (Å²) < 4.78 is 17.0. The fourth-order valence-corrected chi connectivity index (χ4v) is 3.27. The van der Waals surface area contributed by atoms with Crippen molar-refractivity contribution >= 4 is 18.3 Å². The van der Waals surface area contributed by atoms with Crippen LogP contribution in [-0.4, -0.2) is 31.8 Å². The molecular formula is C22H29ClN2O4. The molecule has 0 aromatic heterocycles. The van der Waals surface area contributed by atoms with E-state index < -0.39 is 6.10 Å². The third-order valence-electron chi connectivity index (χ3n) is 4.95. The molecule has 6 nitrogen and oxygen atoms in total. The highest BCUT2D eigenvalue weighted by Gasteiger charge is 2.30. The number of nitrogens with one attached hydrogen (secondary N) is 1. The van der Waals surface area contributed by atoms with E-state index in [-0.39, 0.29) is 30.5 Å². The average molecular weight is 421 g/mol. The summed E-state index contributed by atoms with van der Waals surface area (Å²) >= 11 is 0. The van der Waals surface area contributed by atoms with Gasteiger partial charge in [-0.15, -0.1) is 12.4 Å². The maximum atomic E-state index is 12.4. The Bertz CT molecular complexity index is 788. The second-order valence-corrected chi connectivity index (χ2v) is 6.97. The molecule has 3 rings (SSSR count). The van der Waals surface area contributed by atoms with Gasteiger partial charge in [0.25, 0.3) is 0 Å². The molecule has 3 N–H and O–H groups in total. The van der Waals surface area contributed by atoms with E-state index in [9.17, 15) is 4.79 Å². The number of rotatable bonds is 8. The van der Waals surface area contributed by atoms with E-state index in [0.717, 1.165) is 17.5 Å². The van der Waals surface area contributed by atoms with Crippen LogP contribution in [0, 0.1) is 0 Å². The monoisotopic (exact) mass is 420 g/mol. The predicted octanol–water partition coefficient (Wildman–Crippen LogP) is 3.38. The van der Waals surface area contributed by atoms with Crippen LogP contribution in [0.2, 0.25) is 0 Å². The Morgan fingerprint density at radius 3 is 2.62 bits per heavy atom. The molecule has 1 amide bonds. The number of carbonyl (C=O) groups excluding carboxylic acids is 1. The van der Waals surface area contributed by atoms with Gasteiger partial charge in [-0.2, -0.15) is 0 Å². The number of carbonyl (C=O) groups is 1. The number of ether oxygens (including phenoxy) is 3. The smallest absolute Gasteiger partial charge is 0.249 e. The van der Waals surface area contributed by atoms with E-state index in [1.54, 1.807) is 7.11 Å². The molecule has 3 atom stereocenters. The number of nitrogens with two attached hydrogens (primary N) is 1. The van der Waals surface area contributed by atoms with Crippen LogP contribution < -0.4 is 20.5 Å². The summed E-state index contributed by atoms with van der Waals surface area (Å²) in [4.78, 5) is 12.4. The molecule has 29 heavy (non-hydrogen) atoms. The van der Waals surface area contributed by atoms with Crippen LogP contribution in [0.4, 0.5) is 0 Å². The topological polar surface area (TPSA) is 82.8 Å². The zero-order chi connectivity index (χ0) is 19.9. The number of amides is 1. The molecule has 1 aliphatic heterocycles. The highest BCUT2D eigenvalue weighted by Crippen LogP contribution is 2.31. The molecular weight excluding hydrogens is 392 g/mol. The van der Waals surface area contributed by atoms with Crippen molar-refractivity contribution < 1.29 is 19.0 Å². The summed E-state index contributed by atoms with van der Waals surface area (Å²) in [6, 6.07) is 15.5. The average Bonchev–Trinajstić information content (AvgIpc) is 3.22. The predicted molar refractivity (Wildman–Crippen MR) is 115 cm³/mol. The summed E-state index contributed by atoms with van der Waals surface area (Å²) in [5, 5.41) is 3.01. The van der Waals surface area contributed by atoms with Crippen LogP contribution >= 0.6 is 12.4 Å². The maximum absolute atomic E-state index is 12.4. The molecule has 2 aromatic carbocycles. The van der Waals surface area contributed by atoms with Crippen molar-refractivity contribution in [3.63, 3.8) is 0 Å². The number of methoxy groups -OCH3 is 1. The number of benzene rings is 2. The van der Waals surface area contributed by atoms with Crippen molar-refractivity contribution in [2.75, 3.05) is 13.7 Å². The van der Waals surface area contributed by atoms with E-state index in [0.29, 0.717) is 31.1 Å². The van der Waals surface area contributed by atoms with Gasteiger partial charge in [-0.3, -0.25) is 4.79 Å². The van der Waals surface area contributed by atoms with E-state index >= 15 is 0 Å². The van der Waals surface area contributed by atoms with Gasteiger partial charge in [0.1, 0.15) is 12.7 Å². The SMILES string of the molecule is COc1cc(C(C)NC(=O)[C@@H]2CC[C@H](CN)O2)ccc1OCc1ccccc1.Cl. The molecule has 0 radical (unpaired) electrons. The van der Waals surface area contributed by atoms with Crippen molar-refractivity contribution in [2.45, 2.75) is 44.6 Å². The fraction of sp³-hybridized carbons (Fsp3) is 0.409. The normalized spacial score (nSPS) is 19.1. The summed E-state index contributed by atoms with van der Waals surface area (Å²) in [5.41, 5.74) is 7.63. The van der Waals surface area contributed by atoms with Crippen molar-refractivity contribution in [1.29, 1.82) is 0 Å². The van der Waals surface area contributed by atoms with Gasteiger partial charge in [0.2, 0.25) is 5.91 Å². The first-order chi connectivity index (χ1) is 13.6. The van der Waals surface area contributed by atoms with Crippen LogP contribution in [-0.2, 0) is 16.1 Å². The Kier molecular flexibility index (Phi) is 8.76. The van der Waals surface area contributed by atoms with Crippen LogP contribution in [0.3, 0.4) is 0 Å². The Labute approximate surface area is 178 Å². The van der Waals surface area contributed by atoms with Crippen molar-refractivity contribution in [1.82, 2.24) is 5.32 Å². The fourth-order valence-electron chi connectivity index (χ4n) is 3.27. The Hall–Kier alpha value is -2.28. The number of halogens is 1. The molecule has 2 aromatic rings. The van der Waals surface area contributed by atoms with Crippen molar-refractivity contribution in [3.8, 4) is 11.5 Å². The third-order valence-corrected chi connectivity index (χ3v) is 4.95. The quantitative estimate of drug-likeness (QED) is 0.684. The highest BCUT2D eigenvalue weighted by molar-refractivity contribution is 5.85. The summed E-state index contributed by atoms with van der Waals surface area (Å²) in [6.45, 7) is 2.84. The Morgan fingerprint density at radius 2 is 1.97 bits per heavy atom. The lowest BCUT2D eigenvalue weighted by molar-refractivity contribution is -0.132. The molecule has 7 heteroatoms. The van der Waals surface area contributed by atoms with E-state index in [4.69, 9.17) is 19.9 Å². The lowest BCUT2D eigenvalue weighted by Crippen LogP contribution is -2.37. The molecule has 0 aliphatic carbocycles. The molecule has 0 saturated carbocycles. The molecule has 1 heterocycles. The van der Waals surface area contributed by atoms with Crippen LogP contribution in [0.15, 0.2) is 48.5 Å². The first-order valence-electron chi connectivity index (χ1n) is 9.61. The lowest BCUT2D eigenvalue weighted by Gasteiger charge is -2.19. The van der Waals surface area contributed by atoms with Gasteiger partial charge in [-0.25, -0.2) is 0 Å². The lowest BCUT2D eigenvalue weighted by atomic mass is 10.1. The first-order valence-corrected chi connectivity index (χ1v) is 9.61. The van der Waals surface area contributed by atoms with Gasteiger partial charge >= 0.3 is 0 Å². The van der Waals surface area contributed by atoms with Gasteiger partial charge in [-0.05, 0) is 43.0 Å². The molecule has 0 bridgehead atoms. The Morgan fingerprint density at radius 1 is 1.21 bits per heavy atom. The molecule has 1 saturated heterocycles. The first kappa shape index (κ1) is 23.0. The highest BCUT2D eigenvalue weighted by atomic mass is 35.5. The van der Waals surface area contributed by atoms with Crippen LogP contribution in [0.1, 0.15) is 36.9 Å². The van der Waals surface area contributed by atoms with Crippen molar-refractivity contribution in [2.24, 2.45) is 5.73 Å². The maximum Gasteiger partial charge on any atom is 0.249 e. The number of hydrogen-bond acceptors (Lipinski definition) is 5. The van der Waals surface area contributed by atoms with E-state index in [1.165, 1.54) is 0 Å². The minimum absolute atomic E-state index is 0. The van der Waals surface area contributed by atoms with E-state index in [1.807, 2.05) is 55.5 Å². The third kappa shape index (κ3) is 6.10. The standard InChI is InChI=1S/C22H28N2O4.ClH/c1-15(24-22(25)20-11-9-18(13-23)28-20)17-8-10-19(21(12-17)26-2)27-14-16-6-4-3-5-7-16;/h3-8,10,12,15,18,20H,9,11,13-14,23H2,1-2H3,(H,24,25);1H/t15?,18-,20+;/m1./s1. The van der Waals surface area contributed by atoms with Gasteiger partial charge in [0, 0.05) is 6.54 Å². The van der Waals surface area contributed by atoms with Crippen LogP contribution in [0.25, 0.3) is 0 Å². The molecule has 1 aliphatic rings. The van der Waals surface area contributed by atoms with E-state index in [2.05, 4.69) is 5.32 Å². The molecule has 1 unspecified atom stereocenters. The zero-order valence-corrected chi connectivity index (χ0v) is 17.6. The molecule has 1 fully saturated rings. The second kappa shape index (κ2) is 11.0. The van der Waals surface area contributed by atoms with Gasteiger partial charge in [0.05, 0.1) is 19.3 Å². The largest absolute Gasteiger partial charge is 0.493 e. The minimum Gasteiger partial charge on any atom is -0.493 e. The number of hydrogen-bond donors (Lipinski definition) is 2. The summed E-state index contributed by atoms with van der Waals surface area (Å²) in [6.07, 6.45) is 1.08. The summed E-state index contributed by atoms with van der Waals surface area (Å²) in [5.74, 6) is 1.19. The molecule has 158 valence electrons. The minimum atomic E-state index is -0.425. The Balaban J connectivity index is 0.00000300. The van der Waals surface area contributed by atoms with Crippen molar-refractivity contribution in [3.05, 3.63) is 59.7 Å². The van der Waals surface area contributed by atoms with Gasteiger partial charge < -0.3 is 25.3 Å². The van der Waals surface area contributed by atoms with Gasteiger partial charge in [-0.1, -0.05) is 36.4 Å².